The summed E-state index contributed by atoms with van der Waals surface area (Å²) < 4.78 is 26.9. The first-order valence-electron chi connectivity index (χ1n) is 7.79. The van der Waals surface area contributed by atoms with Crippen molar-refractivity contribution in [3.05, 3.63) is 63.7 Å². The van der Waals surface area contributed by atoms with Crippen LogP contribution in [0.1, 0.15) is 29.8 Å². The number of rotatable bonds is 6. The van der Waals surface area contributed by atoms with E-state index in [1.165, 1.54) is 36.4 Å². The molecule has 0 radical (unpaired) electrons. The molecule has 0 bridgehead atoms. The second kappa shape index (κ2) is 7.63. The van der Waals surface area contributed by atoms with Gasteiger partial charge in [0.25, 0.3) is 11.6 Å². The van der Waals surface area contributed by atoms with Gasteiger partial charge in [-0.15, -0.1) is 0 Å². The first-order chi connectivity index (χ1) is 12.1. The molecule has 9 heteroatoms. The van der Waals surface area contributed by atoms with Gasteiger partial charge >= 0.3 is 0 Å². The molecule has 2 aromatic rings. The predicted molar refractivity (Wildman–Crippen MR) is 97.7 cm³/mol. The van der Waals surface area contributed by atoms with Gasteiger partial charge in [0.15, 0.2) is 0 Å². The zero-order chi connectivity index (χ0) is 19.5. The summed E-state index contributed by atoms with van der Waals surface area (Å²) in [6, 6.07) is 9.61. The largest absolute Gasteiger partial charge is 0.322 e. The Morgan fingerprint density at radius 1 is 1.15 bits per heavy atom. The molecule has 0 saturated carbocycles. The molecule has 0 unspecified atom stereocenters. The number of carbonyl (C=O) groups excluding carboxylic acids is 1. The molecule has 0 saturated heterocycles. The van der Waals surface area contributed by atoms with Crippen LogP contribution in [0.25, 0.3) is 0 Å². The average Bonchev–Trinajstić information content (AvgIpc) is 2.55. The fraction of sp³-hybridized carbons (Fsp3) is 0.235. The highest BCUT2D eigenvalue weighted by atomic mass is 32.2. The molecule has 0 aliphatic rings. The van der Waals surface area contributed by atoms with Crippen molar-refractivity contribution in [1.29, 1.82) is 0 Å². The van der Waals surface area contributed by atoms with Crippen LogP contribution in [0.4, 0.5) is 11.4 Å². The van der Waals surface area contributed by atoms with Crippen LogP contribution < -0.4 is 10.0 Å². The molecule has 0 aromatic heterocycles. The van der Waals surface area contributed by atoms with Gasteiger partial charge in [0, 0.05) is 28.9 Å². The van der Waals surface area contributed by atoms with E-state index in [4.69, 9.17) is 0 Å². The molecule has 1 amide bonds. The number of sulfonamides is 1. The fourth-order valence-electron chi connectivity index (χ4n) is 2.27. The molecule has 0 spiro atoms. The number of benzene rings is 2. The van der Waals surface area contributed by atoms with E-state index in [0.717, 1.165) is 0 Å². The van der Waals surface area contributed by atoms with Crippen LogP contribution >= 0.6 is 0 Å². The summed E-state index contributed by atoms with van der Waals surface area (Å²) in [5.41, 5.74) is 0.738. The lowest BCUT2D eigenvalue weighted by molar-refractivity contribution is -0.385. The van der Waals surface area contributed by atoms with Gasteiger partial charge in [-0.25, -0.2) is 13.1 Å². The molecule has 8 nitrogen and oxygen atoms in total. The van der Waals surface area contributed by atoms with Gasteiger partial charge in [-0.3, -0.25) is 14.9 Å². The number of carbonyl (C=O) groups is 1. The van der Waals surface area contributed by atoms with Crippen molar-refractivity contribution in [3.63, 3.8) is 0 Å². The molecular formula is C17H19N3O5S. The molecule has 0 aliphatic heterocycles. The molecular weight excluding hydrogens is 358 g/mol. The molecule has 2 aromatic carbocycles. The number of nitro groups is 1. The minimum absolute atomic E-state index is 0.0336. The maximum absolute atomic E-state index is 12.4. The average molecular weight is 377 g/mol. The summed E-state index contributed by atoms with van der Waals surface area (Å²) in [5.74, 6) is -0.565. The summed E-state index contributed by atoms with van der Waals surface area (Å²) >= 11 is 0. The Bertz CT molecular complexity index is 955. The zero-order valence-corrected chi connectivity index (χ0v) is 15.3. The Labute approximate surface area is 151 Å². The van der Waals surface area contributed by atoms with E-state index in [1.807, 2.05) is 0 Å². The summed E-state index contributed by atoms with van der Waals surface area (Å²) in [6.07, 6.45) is 0. The highest BCUT2D eigenvalue weighted by molar-refractivity contribution is 7.89. The third-order valence-corrected chi connectivity index (χ3v) is 5.12. The SMILES string of the molecule is Cc1ccc(NC(=O)c2cccc(S(=O)(=O)NC(C)C)c2)cc1[N+](=O)[O-]. The third-order valence-electron chi connectivity index (χ3n) is 3.46. The van der Waals surface area contributed by atoms with E-state index in [-0.39, 0.29) is 27.9 Å². The molecule has 2 N–H and O–H groups in total. The van der Waals surface area contributed by atoms with Gasteiger partial charge in [0.05, 0.1) is 9.82 Å². The summed E-state index contributed by atoms with van der Waals surface area (Å²) in [6.45, 7) is 4.98. The number of nitro benzene ring substituents is 1. The van der Waals surface area contributed by atoms with Crippen molar-refractivity contribution in [2.45, 2.75) is 31.7 Å². The van der Waals surface area contributed by atoms with Crippen molar-refractivity contribution in [1.82, 2.24) is 4.72 Å². The Hall–Kier alpha value is -2.78. The van der Waals surface area contributed by atoms with E-state index in [2.05, 4.69) is 10.0 Å². The quantitative estimate of drug-likeness (QED) is 0.593. The number of aryl methyl sites for hydroxylation is 1. The molecule has 0 atom stereocenters. The second-order valence-corrected chi connectivity index (χ2v) is 7.73. The zero-order valence-electron chi connectivity index (χ0n) is 14.5. The highest BCUT2D eigenvalue weighted by Gasteiger charge is 2.18. The van der Waals surface area contributed by atoms with Crippen LogP contribution in [0, 0.1) is 17.0 Å². The van der Waals surface area contributed by atoms with Gasteiger partial charge in [-0.05, 0) is 45.0 Å². The summed E-state index contributed by atoms with van der Waals surface area (Å²) in [7, 11) is -3.73. The number of amides is 1. The lowest BCUT2D eigenvalue weighted by Gasteiger charge is -2.11. The van der Waals surface area contributed by atoms with Crippen molar-refractivity contribution in [3.8, 4) is 0 Å². The number of nitrogens with one attached hydrogen (secondary N) is 2. The van der Waals surface area contributed by atoms with E-state index in [0.29, 0.717) is 5.56 Å². The van der Waals surface area contributed by atoms with Gasteiger partial charge in [0.2, 0.25) is 10.0 Å². The maximum atomic E-state index is 12.4. The molecule has 0 fully saturated rings. The maximum Gasteiger partial charge on any atom is 0.274 e. The van der Waals surface area contributed by atoms with Crippen LogP contribution in [0.5, 0.6) is 0 Å². The van der Waals surface area contributed by atoms with Gasteiger partial charge in [0.1, 0.15) is 0 Å². The van der Waals surface area contributed by atoms with Crippen molar-refractivity contribution >= 4 is 27.3 Å². The van der Waals surface area contributed by atoms with Crippen LogP contribution in [0.2, 0.25) is 0 Å². The summed E-state index contributed by atoms with van der Waals surface area (Å²) in [4.78, 5) is 22.8. The van der Waals surface area contributed by atoms with E-state index >= 15 is 0 Å². The number of anilines is 1. The van der Waals surface area contributed by atoms with E-state index in [1.54, 1.807) is 26.8 Å². The smallest absolute Gasteiger partial charge is 0.274 e. The van der Waals surface area contributed by atoms with Crippen LogP contribution in [-0.4, -0.2) is 25.3 Å². The van der Waals surface area contributed by atoms with Crippen LogP contribution in [0.3, 0.4) is 0 Å². The van der Waals surface area contributed by atoms with Crippen molar-refractivity contribution in [2.75, 3.05) is 5.32 Å². The van der Waals surface area contributed by atoms with E-state index in [9.17, 15) is 23.3 Å². The number of hydrogen-bond donors (Lipinski definition) is 2. The van der Waals surface area contributed by atoms with Crippen LogP contribution in [-0.2, 0) is 10.0 Å². The predicted octanol–water partition coefficient (Wildman–Crippen LogP) is 2.84. The minimum Gasteiger partial charge on any atom is -0.322 e. The first-order valence-corrected chi connectivity index (χ1v) is 9.27. The normalized spacial score (nSPS) is 11.4. The molecule has 26 heavy (non-hydrogen) atoms. The topological polar surface area (TPSA) is 118 Å². The van der Waals surface area contributed by atoms with Gasteiger partial charge < -0.3 is 5.32 Å². The third kappa shape index (κ3) is 4.64. The Morgan fingerprint density at radius 2 is 1.85 bits per heavy atom. The Balaban J connectivity index is 2.27. The molecule has 138 valence electrons. The van der Waals surface area contributed by atoms with Gasteiger partial charge in [-0.1, -0.05) is 12.1 Å². The van der Waals surface area contributed by atoms with Gasteiger partial charge in [-0.2, -0.15) is 0 Å². The first kappa shape index (κ1) is 19.5. The van der Waals surface area contributed by atoms with Crippen molar-refractivity contribution in [2.24, 2.45) is 0 Å². The molecule has 0 heterocycles. The second-order valence-electron chi connectivity index (χ2n) is 6.02. The minimum atomic E-state index is -3.73. The monoisotopic (exact) mass is 377 g/mol. The highest BCUT2D eigenvalue weighted by Crippen LogP contribution is 2.23. The molecule has 2 rings (SSSR count). The lowest BCUT2D eigenvalue weighted by atomic mass is 10.1. The number of hydrogen-bond acceptors (Lipinski definition) is 5. The Kier molecular flexibility index (Phi) is 5.73. The fourth-order valence-corrected chi connectivity index (χ4v) is 3.57. The molecule has 0 aliphatic carbocycles. The lowest BCUT2D eigenvalue weighted by Crippen LogP contribution is -2.30. The standard InChI is InChI=1S/C17H19N3O5S/c1-11(2)19-26(24,25)15-6-4-5-13(9-15)17(21)18-14-8-7-12(3)16(10-14)20(22)23/h4-11,19H,1-3H3,(H,18,21). The summed E-state index contributed by atoms with van der Waals surface area (Å²) in [5, 5.41) is 13.5. The Morgan fingerprint density at radius 3 is 2.46 bits per heavy atom. The number of nitrogens with zero attached hydrogens (tertiary/aromatic N) is 1. The van der Waals surface area contributed by atoms with Crippen LogP contribution in [0.15, 0.2) is 47.4 Å². The van der Waals surface area contributed by atoms with E-state index < -0.39 is 20.9 Å². The van der Waals surface area contributed by atoms with Crippen molar-refractivity contribution < 1.29 is 18.1 Å².